The highest BCUT2D eigenvalue weighted by atomic mass is 32.1. The van der Waals surface area contributed by atoms with Crippen molar-refractivity contribution in [1.82, 2.24) is 5.32 Å². The van der Waals surface area contributed by atoms with Crippen molar-refractivity contribution in [1.29, 1.82) is 0 Å². The molecule has 0 aliphatic rings. The van der Waals surface area contributed by atoms with Gasteiger partial charge in [0.1, 0.15) is 29.2 Å². The molecule has 0 saturated heterocycles. The Labute approximate surface area is 197 Å². The number of anilines is 1. The maximum Gasteiger partial charge on any atom is 0.413 e. The van der Waals surface area contributed by atoms with Gasteiger partial charge in [-0.25, -0.2) is 13.6 Å². The Hall–Kier alpha value is -3.59. The molecule has 33 heavy (non-hydrogen) atoms. The van der Waals surface area contributed by atoms with Crippen molar-refractivity contribution in [2.24, 2.45) is 0 Å². The van der Waals surface area contributed by atoms with E-state index >= 15 is 0 Å². The number of nitrogens with zero attached hydrogens (tertiary/aromatic N) is 1. The quantitative estimate of drug-likeness (QED) is 0.550. The minimum Gasteiger partial charge on any atom is -0.497 e. The maximum atomic E-state index is 13.7. The molecule has 3 aromatic carbocycles. The van der Waals surface area contributed by atoms with Crippen molar-refractivity contribution in [3.8, 4) is 11.5 Å². The highest BCUT2D eigenvalue weighted by Gasteiger charge is 2.26. The van der Waals surface area contributed by atoms with Crippen molar-refractivity contribution in [2.75, 3.05) is 19.1 Å². The SMILES string of the molecule is COc1ccc(N(C)C(=O)[C@H](Cc2cc(F)cc(F)c2)NC(=O)Oc2ccccc2)cc1.S. The van der Waals surface area contributed by atoms with E-state index in [0.717, 1.165) is 18.2 Å². The molecule has 1 N–H and O–H groups in total. The number of nitrogens with one attached hydrogen (secondary N) is 1. The molecule has 0 aliphatic carbocycles. The van der Waals surface area contributed by atoms with Crippen molar-refractivity contribution in [3.63, 3.8) is 0 Å². The van der Waals surface area contributed by atoms with Gasteiger partial charge in [0, 0.05) is 25.2 Å². The van der Waals surface area contributed by atoms with Gasteiger partial charge in [-0.1, -0.05) is 18.2 Å². The van der Waals surface area contributed by atoms with Gasteiger partial charge < -0.3 is 19.7 Å². The third kappa shape index (κ3) is 7.21. The van der Waals surface area contributed by atoms with Gasteiger partial charge in [-0.3, -0.25) is 4.79 Å². The highest BCUT2D eigenvalue weighted by Crippen LogP contribution is 2.20. The molecule has 3 aromatic rings. The Balaban J connectivity index is 0.00000385. The van der Waals surface area contributed by atoms with Crippen LogP contribution in [0.4, 0.5) is 19.3 Å². The average molecular weight is 475 g/mol. The van der Waals surface area contributed by atoms with Gasteiger partial charge in [-0.05, 0) is 54.1 Å². The van der Waals surface area contributed by atoms with Crippen molar-refractivity contribution >= 4 is 31.2 Å². The first-order chi connectivity index (χ1) is 15.4. The second kappa shape index (κ2) is 11.9. The molecule has 1 atom stereocenters. The molecule has 6 nitrogen and oxygen atoms in total. The molecule has 0 aliphatic heterocycles. The van der Waals surface area contributed by atoms with Crippen molar-refractivity contribution in [3.05, 3.63) is 90.0 Å². The first-order valence-corrected chi connectivity index (χ1v) is 9.75. The predicted octanol–water partition coefficient (Wildman–Crippen LogP) is 4.45. The Morgan fingerprint density at radius 3 is 2.12 bits per heavy atom. The van der Waals surface area contributed by atoms with Gasteiger partial charge in [0.2, 0.25) is 5.91 Å². The predicted molar refractivity (Wildman–Crippen MR) is 126 cm³/mol. The van der Waals surface area contributed by atoms with E-state index in [1.165, 1.54) is 19.1 Å². The second-order valence-electron chi connectivity index (χ2n) is 6.98. The number of ether oxygens (including phenoxy) is 2. The molecule has 0 bridgehead atoms. The molecule has 0 spiro atoms. The number of methoxy groups -OCH3 is 1. The van der Waals surface area contributed by atoms with Gasteiger partial charge in [0.25, 0.3) is 0 Å². The van der Waals surface area contributed by atoms with Crippen LogP contribution in [0.1, 0.15) is 5.56 Å². The normalized spacial score (nSPS) is 11.0. The third-order valence-electron chi connectivity index (χ3n) is 4.70. The molecule has 9 heteroatoms. The van der Waals surface area contributed by atoms with Crippen LogP contribution in [0.25, 0.3) is 0 Å². The van der Waals surface area contributed by atoms with Crippen LogP contribution in [0.3, 0.4) is 0 Å². The number of halogens is 2. The number of amides is 2. The first kappa shape index (κ1) is 25.7. The molecule has 0 heterocycles. The smallest absolute Gasteiger partial charge is 0.413 e. The van der Waals surface area contributed by atoms with E-state index in [1.807, 2.05) is 0 Å². The number of benzene rings is 3. The second-order valence-corrected chi connectivity index (χ2v) is 6.98. The zero-order valence-electron chi connectivity index (χ0n) is 18.0. The monoisotopic (exact) mass is 474 g/mol. The summed E-state index contributed by atoms with van der Waals surface area (Å²) in [6, 6.07) is 16.9. The standard InChI is InChI=1S/C24H22F2N2O4.H2S/c1-28(19-8-10-20(31-2)11-9-19)23(29)22(14-16-12-17(25)15-18(26)13-16)27-24(30)32-21-6-4-3-5-7-21;/h3-13,15,22H,14H2,1-2H3,(H,27,30);1H2/t22-;/m0./s1. The van der Waals surface area contributed by atoms with E-state index < -0.39 is 29.7 Å². The zero-order valence-corrected chi connectivity index (χ0v) is 19.0. The summed E-state index contributed by atoms with van der Waals surface area (Å²) in [5.74, 6) is -1.14. The molecule has 0 unspecified atom stereocenters. The number of hydrogen-bond acceptors (Lipinski definition) is 4. The van der Waals surface area contributed by atoms with Crippen LogP contribution in [0, 0.1) is 11.6 Å². The number of rotatable bonds is 7. The summed E-state index contributed by atoms with van der Waals surface area (Å²) >= 11 is 0. The molecule has 0 aromatic heterocycles. The maximum absolute atomic E-state index is 13.7. The molecule has 174 valence electrons. The van der Waals surface area contributed by atoms with E-state index in [1.54, 1.807) is 54.6 Å². The number of carbonyl (C=O) groups is 2. The summed E-state index contributed by atoms with van der Waals surface area (Å²) < 4.78 is 37.7. The number of carbonyl (C=O) groups excluding carboxylic acids is 2. The molecule has 0 saturated carbocycles. The number of hydrogen-bond donors (Lipinski definition) is 1. The fourth-order valence-electron chi connectivity index (χ4n) is 3.10. The average Bonchev–Trinajstić information content (AvgIpc) is 2.77. The number of para-hydroxylation sites is 1. The lowest BCUT2D eigenvalue weighted by atomic mass is 10.0. The van der Waals surface area contributed by atoms with Crippen LogP contribution in [0.15, 0.2) is 72.8 Å². The van der Waals surface area contributed by atoms with E-state index in [0.29, 0.717) is 11.4 Å². The van der Waals surface area contributed by atoms with Crippen LogP contribution in [0.2, 0.25) is 0 Å². The largest absolute Gasteiger partial charge is 0.497 e. The topological polar surface area (TPSA) is 67.9 Å². The van der Waals surface area contributed by atoms with Crippen molar-refractivity contribution in [2.45, 2.75) is 12.5 Å². The van der Waals surface area contributed by atoms with Gasteiger partial charge in [0.15, 0.2) is 0 Å². The van der Waals surface area contributed by atoms with Gasteiger partial charge in [-0.15, -0.1) is 0 Å². The van der Waals surface area contributed by atoms with E-state index in [4.69, 9.17) is 9.47 Å². The summed E-state index contributed by atoms with van der Waals surface area (Å²) in [5.41, 5.74) is 0.758. The zero-order chi connectivity index (χ0) is 23.1. The fourth-order valence-corrected chi connectivity index (χ4v) is 3.10. The lowest BCUT2D eigenvalue weighted by Crippen LogP contribution is -2.49. The molecule has 0 fully saturated rings. The Bertz CT molecular complexity index is 1060. The van der Waals surface area contributed by atoms with Crippen LogP contribution in [-0.2, 0) is 11.2 Å². The summed E-state index contributed by atoms with van der Waals surface area (Å²) in [4.78, 5) is 27.0. The Morgan fingerprint density at radius 1 is 0.939 bits per heavy atom. The molecule has 0 radical (unpaired) electrons. The Morgan fingerprint density at radius 2 is 1.55 bits per heavy atom. The van der Waals surface area contributed by atoms with E-state index in [-0.39, 0.29) is 31.2 Å². The lowest BCUT2D eigenvalue weighted by molar-refractivity contribution is -0.120. The third-order valence-corrected chi connectivity index (χ3v) is 4.70. The van der Waals surface area contributed by atoms with Crippen LogP contribution < -0.4 is 19.7 Å². The van der Waals surface area contributed by atoms with E-state index in [2.05, 4.69) is 5.32 Å². The van der Waals surface area contributed by atoms with Crippen LogP contribution in [0.5, 0.6) is 11.5 Å². The highest BCUT2D eigenvalue weighted by molar-refractivity contribution is 7.59. The van der Waals surface area contributed by atoms with Gasteiger partial charge >= 0.3 is 6.09 Å². The minimum absolute atomic E-state index is 0. The van der Waals surface area contributed by atoms with Crippen LogP contribution in [-0.4, -0.2) is 32.2 Å². The number of likely N-dealkylation sites (N-methyl/N-ethyl adjacent to an activating group) is 1. The first-order valence-electron chi connectivity index (χ1n) is 9.75. The van der Waals surface area contributed by atoms with E-state index in [9.17, 15) is 18.4 Å². The molecule has 2 amide bonds. The molecule has 3 rings (SSSR count). The lowest BCUT2D eigenvalue weighted by Gasteiger charge is -2.25. The van der Waals surface area contributed by atoms with Crippen molar-refractivity contribution < 1.29 is 27.8 Å². The molecular formula is C24H24F2N2O4S. The Kier molecular flexibility index (Phi) is 9.23. The minimum atomic E-state index is -1.14. The summed E-state index contributed by atoms with van der Waals surface area (Å²) in [7, 11) is 3.06. The molecular weight excluding hydrogens is 450 g/mol. The summed E-state index contributed by atoms with van der Waals surface area (Å²) in [6.45, 7) is 0. The summed E-state index contributed by atoms with van der Waals surface area (Å²) in [5, 5.41) is 2.50. The fraction of sp³-hybridized carbons (Fsp3) is 0.167. The van der Waals surface area contributed by atoms with Gasteiger partial charge in [-0.2, -0.15) is 13.5 Å². The summed E-state index contributed by atoms with van der Waals surface area (Å²) in [6.07, 6.45) is -1.01. The van der Waals surface area contributed by atoms with Gasteiger partial charge in [0.05, 0.1) is 7.11 Å². The van der Waals surface area contributed by atoms with Crippen LogP contribution >= 0.6 is 13.5 Å².